The lowest BCUT2D eigenvalue weighted by Crippen LogP contribution is -2.20. The van der Waals surface area contributed by atoms with Gasteiger partial charge in [0.05, 0.1) is 5.69 Å². The highest BCUT2D eigenvalue weighted by Crippen LogP contribution is 2.23. The number of carbonyl (C=O) groups excluding carboxylic acids is 2. The van der Waals surface area contributed by atoms with Crippen molar-refractivity contribution in [1.82, 2.24) is 10.3 Å². The number of pyridine rings is 1. The van der Waals surface area contributed by atoms with Gasteiger partial charge in [0.25, 0.3) is 5.91 Å². The molecule has 1 heterocycles. The highest BCUT2D eigenvalue weighted by atomic mass is 19.1. The fourth-order valence-electron chi connectivity index (χ4n) is 2.49. The van der Waals surface area contributed by atoms with Gasteiger partial charge in [0.15, 0.2) is 0 Å². The van der Waals surface area contributed by atoms with Crippen LogP contribution in [0.3, 0.4) is 0 Å². The van der Waals surface area contributed by atoms with Gasteiger partial charge in [0, 0.05) is 25.0 Å². The summed E-state index contributed by atoms with van der Waals surface area (Å²) in [5.41, 5.74) is 1.68. The highest BCUT2D eigenvalue weighted by molar-refractivity contribution is 5.99. The number of hydrogen-bond acceptors (Lipinski definition) is 4. The Morgan fingerprint density at radius 2 is 1.65 bits per heavy atom. The Morgan fingerprint density at radius 3 is 2.32 bits per heavy atom. The Kier molecular flexibility index (Phi) is 8.51. The summed E-state index contributed by atoms with van der Waals surface area (Å²) in [5.74, 6) is 0.135. The molecule has 1 aromatic heterocycles. The number of nitrogens with zero attached hydrogens (tertiary/aromatic N) is 1. The van der Waals surface area contributed by atoms with E-state index >= 15 is 0 Å². The highest BCUT2D eigenvalue weighted by Gasteiger charge is 2.09. The van der Waals surface area contributed by atoms with Gasteiger partial charge in [-0.3, -0.25) is 9.78 Å². The number of nitrogens with one attached hydrogen (secondary N) is 3. The fraction of sp³-hybridized carbons (Fsp3) is 0.174. The molecule has 3 rings (SSSR count). The minimum absolute atomic E-state index is 0.104. The van der Waals surface area contributed by atoms with Crippen LogP contribution in [0.25, 0.3) is 0 Å². The molecule has 3 N–H and O–H groups in total. The molecule has 0 saturated heterocycles. The predicted molar refractivity (Wildman–Crippen MR) is 119 cm³/mol. The average Bonchev–Trinajstić information content (AvgIpc) is 2.78. The number of ether oxygens (including phenoxy) is 1. The lowest BCUT2D eigenvalue weighted by atomic mass is 10.2. The molecular formula is C23H25FN4O3. The van der Waals surface area contributed by atoms with Gasteiger partial charge in [-0.1, -0.05) is 19.9 Å². The smallest absolute Gasteiger partial charge is 0.323 e. The molecule has 7 nitrogen and oxygen atoms in total. The van der Waals surface area contributed by atoms with Crippen LogP contribution in [0.5, 0.6) is 11.5 Å². The van der Waals surface area contributed by atoms with Crippen molar-refractivity contribution >= 4 is 23.3 Å². The third-order valence-electron chi connectivity index (χ3n) is 3.91. The number of hydrogen-bond donors (Lipinski definition) is 3. The number of aromatic nitrogens is 1. The summed E-state index contributed by atoms with van der Waals surface area (Å²) in [7, 11) is 1.52. The number of benzene rings is 2. The number of rotatable bonds is 5. The first-order valence-corrected chi connectivity index (χ1v) is 9.75. The third kappa shape index (κ3) is 6.81. The normalized spacial score (nSPS) is 9.71. The van der Waals surface area contributed by atoms with Crippen LogP contribution in [0.4, 0.5) is 20.6 Å². The van der Waals surface area contributed by atoms with Crippen molar-refractivity contribution in [2.24, 2.45) is 0 Å². The molecular weight excluding hydrogens is 399 g/mol. The van der Waals surface area contributed by atoms with E-state index < -0.39 is 11.8 Å². The summed E-state index contributed by atoms with van der Waals surface area (Å²) < 4.78 is 19.4. The molecule has 0 aliphatic heterocycles. The van der Waals surface area contributed by atoms with Crippen molar-refractivity contribution < 1.29 is 18.7 Å². The van der Waals surface area contributed by atoms with E-state index in [1.807, 2.05) is 20.8 Å². The van der Waals surface area contributed by atoms with Gasteiger partial charge >= 0.3 is 6.03 Å². The minimum Gasteiger partial charge on any atom is -0.457 e. The molecule has 3 amide bonds. The summed E-state index contributed by atoms with van der Waals surface area (Å²) in [5, 5.41) is 7.60. The molecule has 8 heteroatoms. The van der Waals surface area contributed by atoms with Gasteiger partial charge in [-0.05, 0) is 55.0 Å². The average molecular weight is 424 g/mol. The number of amides is 3. The van der Waals surface area contributed by atoms with Gasteiger partial charge in [-0.25, -0.2) is 9.18 Å². The van der Waals surface area contributed by atoms with Gasteiger partial charge in [0.2, 0.25) is 0 Å². The SMILES string of the molecule is CC.CNC(=O)c1cc(Oc2ccc(NC(=O)Nc3cc(C)ccc3F)cc2)ccn1. The first-order valence-electron chi connectivity index (χ1n) is 9.75. The third-order valence-corrected chi connectivity index (χ3v) is 3.91. The Balaban J connectivity index is 0.00000166. The van der Waals surface area contributed by atoms with Gasteiger partial charge in [0.1, 0.15) is 23.0 Å². The molecule has 0 saturated carbocycles. The lowest BCUT2D eigenvalue weighted by molar-refractivity contribution is 0.0958. The first-order chi connectivity index (χ1) is 14.9. The maximum absolute atomic E-state index is 13.7. The largest absolute Gasteiger partial charge is 0.457 e. The summed E-state index contributed by atoms with van der Waals surface area (Å²) in [6, 6.07) is 13.7. The Bertz CT molecular complexity index is 1040. The zero-order chi connectivity index (χ0) is 22.8. The monoisotopic (exact) mass is 424 g/mol. The Morgan fingerprint density at radius 1 is 0.935 bits per heavy atom. The summed E-state index contributed by atoms with van der Waals surface area (Å²) in [4.78, 5) is 27.7. The number of urea groups is 1. The molecule has 31 heavy (non-hydrogen) atoms. The topological polar surface area (TPSA) is 92.4 Å². The zero-order valence-corrected chi connectivity index (χ0v) is 17.8. The lowest BCUT2D eigenvalue weighted by Gasteiger charge is -2.10. The van der Waals surface area contributed by atoms with E-state index in [9.17, 15) is 14.0 Å². The van der Waals surface area contributed by atoms with Crippen molar-refractivity contribution in [2.75, 3.05) is 17.7 Å². The maximum Gasteiger partial charge on any atom is 0.323 e. The molecule has 0 atom stereocenters. The molecule has 0 fully saturated rings. The van der Waals surface area contributed by atoms with Gasteiger partial charge in [-0.15, -0.1) is 0 Å². The predicted octanol–water partition coefficient (Wildman–Crippen LogP) is 5.35. The summed E-state index contributed by atoms with van der Waals surface area (Å²) in [6.07, 6.45) is 1.48. The van der Waals surface area contributed by atoms with Crippen LogP contribution in [0, 0.1) is 12.7 Å². The number of aryl methyl sites for hydroxylation is 1. The van der Waals surface area contributed by atoms with E-state index in [-0.39, 0.29) is 17.3 Å². The zero-order valence-electron chi connectivity index (χ0n) is 17.8. The molecule has 0 bridgehead atoms. The van der Waals surface area contributed by atoms with Crippen LogP contribution in [0.15, 0.2) is 60.8 Å². The second-order valence-electron chi connectivity index (χ2n) is 6.14. The summed E-state index contributed by atoms with van der Waals surface area (Å²) >= 11 is 0. The van der Waals surface area contributed by atoms with Crippen LogP contribution >= 0.6 is 0 Å². The van der Waals surface area contributed by atoms with E-state index in [1.54, 1.807) is 42.5 Å². The standard InChI is InChI=1S/C21H19FN4O3.C2H6/c1-13-3-8-17(22)18(11-13)26-21(28)25-14-4-6-15(7-5-14)29-16-9-10-24-19(12-16)20(27)23-2;1-2/h3-12H,1-2H3,(H,23,27)(H2,25,26,28);1-2H3. The van der Waals surface area contributed by atoms with E-state index in [0.29, 0.717) is 17.2 Å². The molecule has 0 aliphatic carbocycles. The van der Waals surface area contributed by atoms with E-state index in [2.05, 4.69) is 20.9 Å². The van der Waals surface area contributed by atoms with Crippen LogP contribution in [-0.4, -0.2) is 24.0 Å². The molecule has 0 aliphatic rings. The van der Waals surface area contributed by atoms with Crippen LogP contribution in [0.1, 0.15) is 29.9 Å². The van der Waals surface area contributed by atoms with Crippen molar-refractivity contribution in [3.8, 4) is 11.5 Å². The Hall–Kier alpha value is -3.94. The van der Waals surface area contributed by atoms with E-state index in [4.69, 9.17) is 4.74 Å². The quantitative estimate of drug-likeness (QED) is 0.515. The molecule has 0 radical (unpaired) electrons. The second kappa shape index (κ2) is 11.3. The molecule has 162 valence electrons. The van der Waals surface area contributed by atoms with Crippen molar-refractivity contribution in [1.29, 1.82) is 0 Å². The van der Waals surface area contributed by atoms with E-state index in [0.717, 1.165) is 5.56 Å². The van der Waals surface area contributed by atoms with Gasteiger partial charge in [-0.2, -0.15) is 0 Å². The van der Waals surface area contributed by atoms with Crippen molar-refractivity contribution in [3.63, 3.8) is 0 Å². The van der Waals surface area contributed by atoms with Crippen molar-refractivity contribution in [2.45, 2.75) is 20.8 Å². The van der Waals surface area contributed by atoms with E-state index in [1.165, 1.54) is 25.4 Å². The number of halogens is 1. The minimum atomic E-state index is -0.562. The first kappa shape index (κ1) is 23.3. The molecule has 0 unspecified atom stereocenters. The van der Waals surface area contributed by atoms with Crippen molar-refractivity contribution in [3.05, 3.63) is 77.9 Å². The Labute approximate surface area is 180 Å². The number of anilines is 2. The summed E-state index contributed by atoms with van der Waals surface area (Å²) in [6.45, 7) is 5.81. The fourth-order valence-corrected chi connectivity index (χ4v) is 2.49. The van der Waals surface area contributed by atoms with Crippen LogP contribution in [0.2, 0.25) is 0 Å². The van der Waals surface area contributed by atoms with Crippen LogP contribution in [-0.2, 0) is 0 Å². The van der Waals surface area contributed by atoms with Gasteiger partial charge < -0.3 is 20.7 Å². The molecule has 0 spiro atoms. The molecule has 2 aromatic carbocycles. The second-order valence-corrected chi connectivity index (χ2v) is 6.14. The van der Waals surface area contributed by atoms with Crippen LogP contribution < -0.4 is 20.7 Å². The number of carbonyl (C=O) groups is 2. The maximum atomic E-state index is 13.7. The molecule has 3 aromatic rings.